The summed E-state index contributed by atoms with van der Waals surface area (Å²) < 4.78 is 5.20. The Hall–Kier alpha value is -2.49. The zero-order chi connectivity index (χ0) is 15.1. The van der Waals surface area contributed by atoms with E-state index in [9.17, 15) is 4.79 Å². The molecule has 0 saturated heterocycles. The van der Waals surface area contributed by atoms with Crippen molar-refractivity contribution in [2.75, 3.05) is 24.3 Å². The first-order chi connectivity index (χ1) is 10.2. The molecule has 21 heavy (non-hydrogen) atoms. The van der Waals surface area contributed by atoms with E-state index < -0.39 is 0 Å². The van der Waals surface area contributed by atoms with Crippen LogP contribution >= 0.6 is 0 Å². The van der Waals surface area contributed by atoms with Crippen LogP contribution in [0.15, 0.2) is 48.5 Å². The lowest BCUT2D eigenvalue weighted by molar-refractivity contribution is -0.115. The molecule has 4 nitrogen and oxygen atoms in total. The Labute approximate surface area is 125 Å². The largest absolute Gasteiger partial charge is 0.495 e. The van der Waals surface area contributed by atoms with Crippen LogP contribution in [0, 0.1) is 6.92 Å². The van der Waals surface area contributed by atoms with Crippen molar-refractivity contribution in [1.82, 2.24) is 0 Å². The summed E-state index contributed by atoms with van der Waals surface area (Å²) in [6.45, 7) is 2.63. The SMILES string of the molecule is COc1ccccc1NC(=O)CCNc1cccc(C)c1. The van der Waals surface area contributed by atoms with Crippen molar-refractivity contribution in [2.24, 2.45) is 0 Å². The van der Waals surface area contributed by atoms with Gasteiger partial charge < -0.3 is 15.4 Å². The first-order valence-electron chi connectivity index (χ1n) is 6.92. The smallest absolute Gasteiger partial charge is 0.226 e. The predicted octanol–water partition coefficient (Wildman–Crippen LogP) is 3.44. The molecule has 0 radical (unpaired) electrons. The summed E-state index contributed by atoms with van der Waals surface area (Å²) in [5, 5.41) is 6.09. The van der Waals surface area contributed by atoms with Crippen LogP contribution in [0.5, 0.6) is 5.75 Å². The maximum Gasteiger partial charge on any atom is 0.226 e. The molecule has 0 bridgehead atoms. The van der Waals surface area contributed by atoms with Gasteiger partial charge in [-0.05, 0) is 36.8 Å². The number of para-hydroxylation sites is 2. The van der Waals surface area contributed by atoms with Gasteiger partial charge in [0.25, 0.3) is 0 Å². The van der Waals surface area contributed by atoms with Gasteiger partial charge in [0.1, 0.15) is 5.75 Å². The number of carbonyl (C=O) groups is 1. The number of nitrogens with one attached hydrogen (secondary N) is 2. The van der Waals surface area contributed by atoms with E-state index in [0.717, 1.165) is 5.69 Å². The average molecular weight is 284 g/mol. The Morgan fingerprint density at radius 2 is 1.95 bits per heavy atom. The number of rotatable bonds is 6. The Morgan fingerprint density at radius 3 is 2.71 bits per heavy atom. The van der Waals surface area contributed by atoms with Crippen LogP contribution < -0.4 is 15.4 Å². The highest BCUT2D eigenvalue weighted by molar-refractivity contribution is 5.92. The molecule has 2 rings (SSSR count). The van der Waals surface area contributed by atoms with Gasteiger partial charge in [0.2, 0.25) is 5.91 Å². The molecular formula is C17H20N2O2. The molecule has 110 valence electrons. The van der Waals surface area contributed by atoms with E-state index in [0.29, 0.717) is 24.4 Å². The zero-order valence-electron chi connectivity index (χ0n) is 12.3. The minimum absolute atomic E-state index is 0.0420. The predicted molar refractivity (Wildman–Crippen MR) is 85.9 cm³/mol. The second-order valence-corrected chi connectivity index (χ2v) is 4.79. The van der Waals surface area contributed by atoms with E-state index in [2.05, 4.69) is 16.7 Å². The third kappa shape index (κ3) is 4.53. The summed E-state index contributed by atoms with van der Waals surface area (Å²) in [6, 6.07) is 15.5. The van der Waals surface area contributed by atoms with Crippen molar-refractivity contribution in [3.05, 3.63) is 54.1 Å². The fraction of sp³-hybridized carbons (Fsp3) is 0.235. The summed E-state index contributed by atoms with van der Waals surface area (Å²) in [5.74, 6) is 0.622. The van der Waals surface area contributed by atoms with Crippen molar-refractivity contribution < 1.29 is 9.53 Å². The second kappa shape index (κ2) is 7.33. The molecule has 0 aliphatic heterocycles. The standard InChI is InChI=1S/C17H20N2O2/c1-13-6-5-7-14(12-13)18-11-10-17(20)19-15-8-3-4-9-16(15)21-2/h3-9,12,18H,10-11H2,1-2H3,(H,19,20). The molecule has 2 aromatic carbocycles. The summed E-state index contributed by atoms with van der Waals surface area (Å²) in [5.41, 5.74) is 2.92. The number of methoxy groups -OCH3 is 1. The molecule has 2 N–H and O–H groups in total. The van der Waals surface area contributed by atoms with Crippen LogP contribution in [0.25, 0.3) is 0 Å². The molecule has 0 aliphatic rings. The van der Waals surface area contributed by atoms with Gasteiger partial charge in [0.05, 0.1) is 12.8 Å². The summed E-state index contributed by atoms with van der Waals surface area (Å²) in [7, 11) is 1.59. The Bertz CT molecular complexity index is 611. The van der Waals surface area contributed by atoms with Gasteiger partial charge in [0, 0.05) is 18.7 Å². The molecule has 0 atom stereocenters. The number of hydrogen-bond acceptors (Lipinski definition) is 3. The number of amides is 1. The lowest BCUT2D eigenvalue weighted by Crippen LogP contribution is -2.16. The Balaban J connectivity index is 1.82. The van der Waals surface area contributed by atoms with E-state index >= 15 is 0 Å². The molecule has 0 spiro atoms. The highest BCUT2D eigenvalue weighted by Gasteiger charge is 2.06. The lowest BCUT2D eigenvalue weighted by atomic mass is 10.2. The van der Waals surface area contributed by atoms with Crippen molar-refractivity contribution in [2.45, 2.75) is 13.3 Å². The van der Waals surface area contributed by atoms with Crippen LogP contribution in [0.3, 0.4) is 0 Å². The second-order valence-electron chi connectivity index (χ2n) is 4.79. The van der Waals surface area contributed by atoms with Gasteiger partial charge in [-0.1, -0.05) is 24.3 Å². The van der Waals surface area contributed by atoms with Gasteiger partial charge in [-0.25, -0.2) is 0 Å². The molecule has 0 saturated carbocycles. The molecular weight excluding hydrogens is 264 g/mol. The van der Waals surface area contributed by atoms with Gasteiger partial charge >= 0.3 is 0 Å². The first-order valence-corrected chi connectivity index (χ1v) is 6.92. The summed E-state index contributed by atoms with van der Waals surface area (Å²) >= 11 is 0. The fourth-order valence-corrected chi connectivity index (χ4v) is 2.04. The normalized spacial score (nSPS) is 10.0. The van der Waals surface area contributed by atoms with E-state index in [1.807, 2.05) is 49.4 Å². The first kappa shape index (κ1) is 14.9. The molecule has 0 heterocycles. The quantitative estimate of drug-likeness (QED) is 0.854. The number of carbonyl (C=O) groups excluding carboxylic acids is 1. The summed E-state index contributed by atoms with van der Waals surface area (Å²) in [6.07, 6.45) is 0.395. The molecule has 4 heteroatoms. The minimum Gasteiger partial charge on any atom is -0.495 e. The van der Waals surface area contributed by atoms with Crippen molar-refractivity contribution >= 4 is 17.3 Å². The number of anilines is 2. The number of hydrogen-bond donors (Lipinski definition) is 2. The third-order valence-electron chi connectivity index (χ3n) is 3.08. The Kier molecular flexibility index (Phi) is 5.21. The molecule has 2 aromatic rings. The Morgan fingerprint density at radius 1 is 1.14 bits per heavy atom. The van der Waals surface area contributed by atoms with Crippen molar-refractivity contribution in [1.29, 1.82) is 0 Å². The number of aryl methyl sites for hydroxylation is 1. The van der Waals surface area contributed by atoms with Crippen LogP contribution in [0.2, 0.25) is 0 Å². The van der Waals surface area contributed by atoms with Crippen molar-refractivity contribution in [3.8, 4) is 5.75 Å². The van der Waals surface area contributed by atoms with E-state index in [-0.39, 0.29) is 5.91 Å². The highest BCUT2D eigenvalue weighted by atomic mass is 16.5. The van der Waals surface area contributed by atoms with E-state index in [1.54, 1.807) is 7.11 Å². The number of benzene rings is 2. The van der Waals surface area contributed by atoms with Crippen LogP contribution in [-0.4, -0.2) is 19.6 Å². The topological polar surface area (TPSA) is 50.4 Å². The van der Waals surface area contributed by atoms with Gasteiger partial charge in [0.15, 0.2) is 0 Å². The van der Waals surface area contributed by atoms with Gasteiger partial charge in [-0.3, -0.25) is 4.79 Å². The molecule has 0 fully saturated rings. The number of ether oxygens (including phenoxy) is 1. The molecule has 0 unspecified atom stereocenters. The maximum absolute atomic E-state index is 11.9. The maximum atomic E-state index is 11.9. The zero-order valence-corrected chi connectivity index (χ0v) is 12.3. The van der Waals surface area contributed by atoms with Crippen molar-refractivity contribution in [3.63, 3.8) is 0 Å². The lowest BCUT2D eigenvalue weighted by Gasteiger charge is -2.10. The highest BCUT2D eigenvalue weighted by Crippen LogP contribution is 2.23. The monoisotopic (exact) mass is 284 g/mol. The minimum atomic E-state index is -0.0420. The molecule has 0 aromatic heterocycles. The third-order valence-corrected chi connectivity index (χ3v) is 3.08. The van der Waals surface area contributed by atoms with Gasteiger partial charge in [-0.15, -0.1) is 0 Å². The van der Waals surface area contributed by atoms with Crippen LogP contribution in [0.4, 0.5) is 11.4 Å². The fourth-order valence-electron chi connectivity index (χ4n) is 2.04. The molecule has 1 amide bonds. The summed E-state index contributed by atoms with van der Waals surface area (Å²) in [4.78, 5) is 11.9. The van der Waals surface area contributed by atoms with E-state index in [1.165, 1.54) is 5.56 Å². The van der Waals surface area contributed by atoms with Crippen LogP contribution in [-0.2, 0) is 4.79 Å². The average Bonchev–Trinajstić information content (AvgIpc) is 2.48. The van der Waals surface area contributed by atoms with E-state index in [4.69, 9.17) is 4.74 Å². The van der Waals surface area contributed by atoms with Crippen LogP contribution in [0.1, 0.15) is 12.0 Å². The van der Waals surface area contributed by atoms with Gasteiger partial charge in [-0.2, -0.15) is 0 Å². The molecule has 0 aliphatic carbocycles.